The molecule has 0 aliphatic heterocycles. The largest absolute Gasteiger partial charge is 0.207 e. The number of rotatable bonds is 1. The van der Waals surface area contributed by atoms with Gasteiger partial charge in [-0.15, -0.1) is 0 Å². The Hall–Kier alpha value is -1.71. The third kappa shape index (κ3) is 1.42. The molecule has 0 spiro atoms. The van der Waals surface area contributed by atoms with Gasteiger partial charge >= 0.3 is 0 Å². The minimum atomic E-state index is -0.245. The number of hydrogen-bond acceptors (Lipinski definition) is 2. The Labute approximate surface area is 74.6 Å². The highest BCUT2D eigenvalue weighted by Crippen LogP contribution is 2.18. The molecule has 1 N–H and O–H groups in total. The summed E-state index contributed by atoms with van der Waals surface area (Å²) in [6.07, 6.45) is 0. The normalized spacial score (nSPS) is 10.3. The van der Waals surface area contributed by atoms with E-state index in [4.69, 9.17) is 0 Å². The lowest BCUT2D eigenvalue weighted by Crippen LogP contribution is -1.81. The van der Waals surface area contributed by atoms with E-state index in [1.807, 2.05) is 6.92 Å². The van der Waals surface area contributed by atoms with Gasteiger partial charge in [-0.1, -0.05) is 0 Å². The van der Waals surface area contributed by atoms with Gasteiger partial charge in [0.05, 0.1) is 5.69 Å². The second kappa shape index (κ2) is 2.97. The summed E-state index contributed by atoms with van der Waals surface area (Å²) in [5.41, 5.74) is 2.44. The molecule has 4 heteroatoms. The molecular formula is C9H8FN3. The van der Waals surface area contributed by atoms with Gasteiger partial charge in [0.2, 0.25) is 0 Å². The molecule has 2 aromatic rings. The maximum atomic E-state index is 12.6. The van der Waals surface area contributed by atoms with Crippen LogP contribution in [0.1, 0.15) is 5.69 Å². The number of benzene rings is 1. The Bertz CT molecular complexity index is 405. The summed E-state index contributed by atoms with van der Waals surface area (Å²) in [7, 11) is 0. The molecule has 3 nitrogen and oxygen atoms in total. The first-order chi connectivity index (χ1) is 6.27. The summed E-state index contributed by atoms with van der Waals surface area (Å²) in [4.78, 5) is 0. The van der Waals surface area contributed by atoms with Crippen molar-refractivity contribution in [2.45, 2.75) is 6.92 Å². The number of halogens is 1. The minimum absolute atomic E-state index is 0.245. The average Bonchev–Trinajstić information content (AvgIpc) is 2.53. The van der Waals surface area contributed by atoms with E-state index in [1.54, 1.807) is 12.1 Å². The maximum Gasteiger partial charge on any atom is 0.123 e. The van der Waals surface area contributed by atoms with E-state index in [-0.39, 0.29) is 5.82 Å². The van der Waals surface area contributed by atoms with Crippen molar-refractivity contribution in [1.82, 2.24) is 15.4 Å². The van der Waals surface area contributed by atoms with Crippen LogP contribution in [0, 0.1) is 12.7 Å². The van der Waals surface area contributed by atoms with Gasteiger partial charge in [0.15, 0.2) is 0 Å². The molecule has 2 rings (SSSR count). The Morgan fingerprint density at radius 3 is 2.38 bits per heavy atom. The van der Waals surface area contributed by atoms with Crippen molar-refractivity contribution in [1.29, 1.82) is 0 Å². The molecule has 66 valence electrons. The average molecular weight is 177 g/mol. The van der Waals surface area contributed by atoms with Gasteiger partial charge < -0.3 is 0 Å². The number of aryl methyl sites for hydroxylation is 1. The number of aromatic nitrogens is 3. The smallest absolute Gasteiger partial charge is 0.123 e. The van der Waals surface area contributed by atoms with Gasteiger partial charge in [-0.25, -0.2) is 4.39 Å². The topological polar surface area (TPSA) is 41.6 Å². The molecule has 13 heavy (non-hydrogen) atoms. The van der Waals surface area contributed by atoms with E-state index < -0.39 is 0 Å². The van der Waals surface area contributed by atoms with Crippen LogP contribution in [0.25, 0.3) is 11.3 Å². The van der Waals surface area contributed by atoms with Gasteiger partial charge in [0, 0.05) is 5.56 Å². The number of H-pyrrole nitrogens is 1. The molecule has 1 aromatic heterocycles. The molecule has 0 bridgehead atoms. The quantitative estimate of drug-likeness (QED) is 0.723. The molecule has 0 aliphatic carbocycles. The van der Waals surface area contributed by atoms with Crippen LogP contribution >= 0.6 is 0 Å². The van der Waals surface area contributed by atoms with Crippen LogP contribution in [0.2, 0.25) is 0 Å². The molecule has 0 atom stereocenters. The summed E-state index contributed by atoms with van der Waals surface area (Å²) in [6.45, 7) is 1.85. The highest BCUT2D eigenvalue weighted by Gasteiger charge is 2.04. The lowest BCUT2D eigenvalue weighted by atomic mass is 10.1. The third-order valence-electron chi connectivity index (χ3n) is 1.84. The number of nitrogens with one attached hydrogen (secondary N) is 1. The fraction of sp³-hybridized carbons (Fsp3) is 0.111. The van der Waals surface area contributed by atoms with Gasteiger partial charge in [0.1, 0.15) is 11.5 Å². The number of aromatic amines is 1. The first kappa shape index (κ1) is 7.91. The SMILES string of the molecule is Cc1n[nH]nc1-c1ccc(F)cc1. The standard InChI is InChI=1S/C9H8FN3/c1-6-9(12-13-11-6)7-2-4-8(10)5-3-7/h2-5H,1H3,(H,11,12,13). The van der Waals surface area contributed by atoms with Gasteiger partial charge in [0.25, 0.3) is 0 Å². The van der Waals surface area contributed by atoms with Crippen LogP contribution in [0.15, 0.2) is 24.3 Å². The monoisotopic (exact) mass is 177 g/mol. The predicted octanol–water partition coefficient (Wildman–Crippen LogP) is 1.92. The molecule has 0 fully saturated rings. The highest BCUT2D eigenvalue weighted by atomic mass is 19.1. The van der Waals surface area contributed by atoms with E-state index in [0.29, 0.717) is 0 Å². The van der Waals surface area contributed by atoms with E-state index in [9.17, 15) is 4.39 Å². The van der Waals surface area contributed by atoms with Gasteiger partial charge in [-0.3, -0.25) is 0 Å². The molecular weight excluding hydrogens is 169 g/mol. The first-order valence-electron chi connectivity index (χ1n) is 3.90. The molecule has 0 amide bonds. The Kier molecular flexibility index (Phi) is 1.81. The summed E-state index contributed by atoms with van der Waals surface area (Å²) in [5.74, 6) is -0.245. The van der Waals surface area contributed by atoms with Gasteiger partial charge in [-0.05, 0) is 31.2 Å². The van der Waals surface area contributed by atoms with Crippen molar-refractivity contribution in [2.24, 2.45) is 0 Å². The zero-order valence-corrected chi connectivity index (χ0v) is 7.08. The summed E-state index contributed by atoms with van der Waals surface area (Å²) < 4.78 is 12.6. The molecule has 0 saturated carbocycles. The van der Waals surface area contributed by atoms with E-state index in [1.165, 1.54) is 12.1 Å². The molecule has 1 aromatic carbocycles. The van der Waals surface area contributed by atoms with Crippen molar-refractivity contribution >= 4 is 0 Å². The minimum Gasteiger partial charge on any atom is -0.207 e. The predicted molar refractivity (Wildman–Crippen MR) is 46.5 cm³/mol. The van der Waals surface area contributed by atoms with Crippen LogP contribution in [-0.4, -0.2) is 15.4 Å². The molecule has 0 radical (unpaired) electrons. The number of nitrogens with zero attached hydrogens (tertiary/aromatic N) is 2. The van der Waals surface area contributed by atoms with Crippen LogP contribution in [0.4, 0.5) is 4.39 Å². The lowest BCUT2D eigenvalue weighted by Gasteiger charge is -1.95. The molecule has 1 heterocycles. The van der Waals surface area contributed by atoms with Crippen molar-refractivity contribution in [3.8, 4) is 11.3 Å². The summed E-state index contributed by atoms with van der Waals surface area (Å²) >= 11 is 0. The molecule has 0 aliphatic rings. The lowest BCUT2D eigenvalue weighted by molar-refractivity contribution is 0.628. The van der Waals surface area contributed by atoms with Crippen molar-refractivity contribution in [2.75, 3.05) is 0 Å². The highest BCUT2D eigenvalue weighted by molar-refractivity contribution is 5.60. The Balaban J connectivity index is 2.47. The summed E-state index contributed by atoms with van der Waals surface area (Å²) in [5, 5.41) is 10.4. The Morgan fingerprint density at radius 2 is 1.85 bits per heavy atom. The van der Waals surface area contributed by atoms with Crippen molar-refractivity contribution < 1.29 is 4.39 Å². The second-order valence-electron chi connectivity index (χ2n) is 2.76. The Morgan fingerprint density at radius 1 is 1.15 bits per heavy atom. The fourth-order valence-corrected chi connectivity index (χ4v) is 1.17. The second-order valence-corrected chi connectivity index (χ2v) is 2.76. The zero-order chi connectivity index (χ0) is 9.26. The van der Waals surface area contributed by atoms with Crippen LogP contribution in [0.5, 0.6) is 0 Å². The van der Waals surface area contributed by atoms with E-state index in [0.717, 1.165) is 17.0 Å². The van der Waals surface area contributed by atoms with Gasteiger partial charge in [-0.2, -0.15) is 15.4 Å². The maximum absolute atomic E-state index is 12.6. The van der Waals surface area contributed by atoms with Crippen molar-refractivity contribution in [3.63, 3.8) is 0 Å². The fourth-order valence-electron chi connectivity index (χ4n) is 1.17. The molecule has 0 saturated heterocycles. The third-order valence-corrected chi connectivity index (χ3v) is 1.84. The first-order valence-corrected chi connectivity index (χ1v) is 3.90. The van der Waals surface area contributed by atoms with Crippen LogP contribution in [-0.2, 0) is 0 Å². The van der Waals surface area contributed by atoms with Crippen LogP contribution in [0.3, 0.4) is 0 Å². The summed E-state index contributed by atoms with van der Waals surface area (Å²) in [6, 6.07) is 6.17. The number of hydrogen-bond donors (Lipinski definition) is 1. The van der Waals surface area contributed by atoms with Crippen molar-refractivity contribution in [3.05, 3.63) is 35.8 Å². The van der Waals surface area contributed by atoms with E-state index in [2.05, 4.69) is 15.4 Å². The zero-order valence-electron chi connectivity index (χ0n) is 7.08. The van der Waals surface area contributed by atoms with E-state index >= 15 is 0 Å². The van der Waals surface area contributed by atoms with Crippen LogP contribution < -0.4 is 0 Å². The molecule has 0 unspecified atom stereocenters.